The first kappa shape index (κ1) is 17.8. The number of ether oxygens (including phenoxy) is 3. The van der Waals surface area contributed by atoms with E-state index in [1.54, 1.807) is 7.11 Å². The van der Waals surface area contributed by atoms with E-state index < -0.39 is 0 Å². The highest BCUT2D eigenvalue weighted by Gasteiger charge is 2.28. The van der Waals surface area contributed by atoms with Crippen LogP contribution >= 0.6 is 0 Å². The van der Waals surface area contributed by atoms with Crippen LogP contribution in [0.25, 0.3) is 0 Å². The highest BCUT2D eigenvalue weighted by molar-refractivity contribution is 5.79. The molecule has 0 spiro atoms. The molecule has 0 radical (unpaired) electrons. The molecule has 0 aliphatic carbocycles. The van der Waals surface area contributed by atoms with Gasteiger partial charge in [0, 0.05) is 25.8 Å². The summed E-state index contributed by atoms with van der Waals surface area (Å²) >= 11 is 0. The molecule has 2 atom stereocenters. The van der Waals surface area contributed by atoms with E-state index in [-0.39, 0.29) is 17.9 Å². The molecule has 1 amide bonds. The van der Waals surface area contributed by atoms with Crippen LogP contribution in [0, 0.1) is 12.8 Å². The monoisotopic (exact) mass is 321 g/mol. The Morgan fingerprint density at radius 2 is 2.22 bits per heavy atom. The predicted molar refractivity (Wildman–Crippen MR) is 88.5 cm³/mol. The molecule has 0 bridgehead atoms. The Morgan fingerprint density at radius 1 is 1.39 bits per heavy atom. The largest absolute Gasteiger partial charge is 0.491 e. The number of amides is 1. The predicted octanol–water partition coefficient (Wildman–Crippen LogP) is 2.45. The number of hydrogen-bond acceptors (Lipinski definition) is 4. The Kier molecular flexibility index (Phi) is 6.86. The van der Waals surface area contributed by atoms with Gasteiger partial charge in [0.05, 0.1) is 18.6 Å². The van der Waals surface area contributed by atoms with Crippen molar-refractivity contribution < 1.29 is 19.0 Å². The average Bonchev–Trinajstić information content (AvgIpc) is 2.54. The molecule has 23 heavy (non-hydrogen) atoms. The summed E-state index contributed by atoms with van der Waals surface area (Å²) in [6.07, 6.45) is 1.82. The zero-order valence-corrected chi connectivity index (χ0v) is 14.3. The van der Waals surface area contributed by atoms with Crippen LogP contribution in [0.3, 0.4) is 0 Å². The molecule has 1 aromatic carbocycles. The van der Waals surface area contributed by atoms with Gasteiger partial charge in [-0.15, -0.1) is 0 Å². The van der Waals surface area contributed by atoms with Crippen LogP contribution in [-0.2, 0) is 20.8 Å². The fourth-order valence-corrected chi connectivity index (χ4v) is 2.76. The summed E-state index contributed by atoms with van der Waals surface area (Å²) in [5, 5.41) is 3.02. The molecule has 1 aliphatic heterocycles. The molecule has 1 aromatic rings. The van der Waals surface area contributed by atoms with Gasteiger partial charge in [0.1, 0.15) is 12.4 Å². The standard InChI is InChI=1S/C18H27NO4/c1-13-6-7-15(17(11-13)23-10-9-21-3)12-19-18(20)16-5-4-8-22-14(16)2/h6-7,11,14,16H,4-5,8-10,12H2,1-3H3,(H,19,20). The summed E-state index contributed by atoms with van der Waals surface area (Å²) in [7, 11) is 1.65. The van der Waals surface area contributed by atoms with Gasteiger partial charge >= 0.3 is 0 Å². The normalized spacial score (nSPS) is 21.0. The van der Waals surface area contributed by atoms with E-state index in [0.29, 0.717) is 19.8 Å². The van der Waals surface area contributed by atoms with Crippen LogP contribution in [0.5, 0.6) is 5.75 Å². The third-order valence-corrected chi connectivity index (χ3v) is 4.16. The highest BCUT2D eigenvalue weighted by atomic mass is 16.5. The summed E-state index contributed by atoms with van der Waals surface area (Å²) < 4.78 is 16.3. The molecular weight excluding hydrogens is 294 g/mol. The van der Waals surface area contributed by atoms with Gasteiger partial charge in [-0.05, 0) is 38.3 Å². The summed E-state index contributed by atoms with van der Waals surface area (Å²) in [5.41, 5.74) is 2.10. The molecule has 1 heterocycles. The van der Waals surface area contributed by atoms with E-state index in [1.807, 2.05) is 32.0 Å². The number of carbonyl (C=O) groups is 1. The lowest BCUT2D eigenvalue weighted by molar-refractivity contribution is -0.133. The molecule has 5 heteroatoms. The minimum Gasteiger partial charge on any atom is -0.491 e. The lowest BCUT2D eigenvalue weighted by atomic mass is 9.94. The van der Waals surface area contributed by atoms with Crippen LogP contribution in [-0.4, -0.2) is 38.9 Å². The number of hydrogen-bond donors (Lipinski definition) is 1. The third kappa shape index (κ3) is 5.22. The molecular formula is C18H27NO4. The highest BCUT2D eigenvalue weighted by Crippen LogP contribution is 2.23. The van der Waals surface area contributed by atoms with Crippen molar-refractivity contribution in [1.29, 1.82) is 0 Å². The Hall–Kier alpha value is -1.59. The van der Waals surface area contributed by atoms with E-state index in [0.717, 1.165) is 36.3 Å². The SMILES string of the molecule is COCCOc1cc(C)ccc1CNC(=O)C1CCCOC1C. The van der Waals surface area contributed by atoms with E-state index in [9.17, 15) is 4.79 Å². The zero-order chi connectivity index (χ0) is 16.7. The van der Waals surface area contributed by atoms with E-state index in [4.69, 9.17) is 14.2 Å². The Bertz CT molecular complexity index is 518. The topological polar surface area (TPSA) is 56.8 Å². The number of nitrogens with one attached hydrogen (secondary N) is 1. The lowest BCUT2D eigenvalue weighted by Gasteiger charge is -2.28. The van der Waals surface area contributed by atoms with E-state index in [2.05, 4.69) is 5.32 Å². The molecule has 2 rings (SSSR count). The lowest BCUT2D eigenvalue weighted by Crippen LogP contribution is -2.40. The van der Waals surface area contributed by atoms with Crippen molar-refractivity contribution in [3.05, 3.63) is 29.3 Å². The van der Waals surface area contributed by atoms with Gasteiger partial charge in [0.2, 0.25) is 5.91 Å². The number of benzene rings is 1. The van der Waals surface area contributed by atoms with Crippen molar-refractivity contribution in [2.45, 2.75) is 39.3 Å². The van der Waals surface area contributed by atoms with E-state index in [1.165, 1.54) is 0 Å². The number of methoxy groups -OCH3 is 1. The van der Waals surface area contributed by atoms with Gasteiger partial charge in [-0.25, -0.2) is 0 Å². The minimum atomic E-state index is -0.0629. The first-order valence-corrected chi connectivity index (χ1v) is 8.22. The molecule has 2 unspecified atom stereocenters. The minimum absolute atomic E-state index is 0.0146. The van der Waals surface area contributed by atoms with Crippen LogP contribution in [0.2, 0.25) is 0 Å². The molecule has 1 fully saturated rings. The summed E-state index contributed by atoms with van der Waals surface area (Å²) in [5.74, 6) is 0.794. The second-order valence-corrected chi connectivity index (χ2v) is 5.99. The van der Waals surface area contributed by atoms with Crippen LogP contribution in [0.4, 0.5) is 0 Å². The molecule has 1 N–H and O–H groups in total. The summed E-state index contributed by atoms with van der Waals surface area (Å²) in [4.78, 5) is 12.4. The fraction of sp³-hybridized carbons (Fsp3) is 0.611. The summed E-state index contributed by atoms with van der Waals surface area (Å²) in [6.45, 7) is 6.23. The van der Waals surface area contributed by atoms with Gasteiger partial charge in [-0.2, -0.15) is 0 Å². The Labute approximate surface area is 138 Å². The molecule has 5 nitrogen and oxygen atoms in total. The van der Waals surface area contributed by atoms with Crippen molar-refractivity contribution in [3.8, 4) is 5.75 Å². The van der Waals surface area contributed by atoms with Crippen molar-refractivity contribution in [2.24, 2.45) is 5.92 Å². The quantitative estimate of drug-likeness (QED) is 0.784. The fourth-order valence-electron chi connectivity index (χ4n) is 2.76. The maximum absolute atomic E-state index is 12.4. The molecule has 0 saturated carbocycles. The maximum atomic E-state index is 12.4. The second kappa shape index (κ2) is 8.89. The Morgan fingerprint density at radius 3 is 2.96 bits per heavy atom. The smallest absolute Gasteiger partial charge is 0.225 e. The zero-order valence-electron chi connectivity index (χ0n) is 14.3. The second-order valence-electron chi connectivity index (χ2n) is 5.99. The molecule has 1 aliphatic rings. The molecule has 0 aromatic heterocycles. The van der Waals surface area contributed by atoms with Crippen molar-refractivity contribution in [1.82, 2.24) is 5.32 Å². The third-order valence-electron chi connectivity index (χ3n) is 4.16. The van der Waals surface area contributed by atoms with Gasteiger partial charge in [-0.3, -0.25) is 4.79 Å². The van der Waals surface area contributed by atoms with Gasteiger partial charge < -0.3 is 19.5 Å². The van der Waals surface area contributed by atoms with Gasteiger partial charge in [0.25, 0.3) is 0 Å². The van der Waals surface area contributed by atoms with Gasteiger partial charge in [0.15, 0.2) is 0 Å². The van der Waals surface area contributed by atoms with Crippen molar-refractivity contribution >= 4 is 5.91 Å². The molecule has 1 saturated heterocycles. The van der Waals surface area contributed by atoms with Gasteiger partial charge in [-0.1, -0.05) is 12.1 Å². The van der Waals surface area contributed by atoms with Crippen molar-refractivity contribution in [3.63, 3.8) is 0 Å². The van der Waals surface area contributed by atoms with Crippen LogP contribution in [0.15, 0.2) is 18.2 Å². The van der Waals surface area contributed by atoms with Crippen LogP contribution < -0.4 is 10.1 Å². The Balaban J connectivity index is 1.94. The number of rotatable bonds is 7. The summed E-state index contributed by atoms with van der Waals surface area (Å²) in [6, 6.07) is 6.01. The molecule has 128 valence electrons. The average molecular weight is 321 g/mol. The van der Waals surface area contributed by atoms with Crippen LogP contribution in [0.1, 0.15) is 30.9 Å². The van der Waals surface area contributed by atoms with Crippen molar-refractivity contribution in [2.75, 3.05) is 26.9 Å². The number of carbonyl (C=O) groups excluding carboxylic acids is 1. The first-order valence-electron chi connectivity index (χ1n) is 8.22. The maximum Gasteiger partial charge on any atom is 0.225 e. The van der Waals surface area contributed by atoms with E-state index >= 15 is 0 Å². The first-order chi connectivity index (χ1) is 11.1. The number of aryl methyl sites for hydroxylation is 1.